The van der Waals surface area contributed by atoms with Gasteiger partial charge in [-0.15, -0.1) is 0 Å². The number of sulfone groups is 1. The van der Waals surface area contributed by atoms with Gasteiger partial charge in [-0.25, -0.2) is 8.42 Å². The predicted octanol–water partition coefficient (Wildman–Crippen LogP) is 2.25. The van der Waals surface area contributed by atoms with Crippen LogP contribution in [0.4, 0.5) is 0 Å². The van der Waals surface area contributed by atoms with Crippen molar-refractivity contribution in [1.82, 2.24) is 0 Å². The average Bonchev–Trinajstić information content (AvgIpc) is 2.28. The molecular weight excluding hydrogens is 264 g/mol. The van der Waals surface area contributed by atoms with Crippen LogP contribution in [0.15, 0.2) is 18.2 Å². The van der Waals surface area contributed by atoms with Gasteiger partial charge in [0.15, 0.2) is 9.84 Å². The fourth-order valence-electron chi connectivity index (χ4n) is 1.62. The van der Waals surface area contributed by atoms with Crippen LogP contribution in [0.25, 0.3) is 0 Å². The van der Waals surface area contributed by atoms with E-state index in [1.807, 2.05) is 19.1 Å². The van der Waals surface area contributed by atoms with Crippen LogP contribution in [-0.4, -0.2) is 31.1 Å². The van der Waals surface area contributed by atoms with Crippen LogP contribution in [0.3, 0.4) is 0 Å². The van der Waals surface area contributed by atoms with Crippen molar-refractivity contribution in [1.29, 1.82) is 0 Å². The molecule has 0 bridgehead atoms. The molecule has 0 aromatic heterocycles. The van der Waals surface area contributed by atoms with Crippen molar-refractivity contribution in [2.75, 3.05) is 12.4 Å². The van der Waals surface area contributed by atoms with Crippen LogP contribution in [0, 0.1) is 6.92 Å². The zero-order valence-electron chi connectivity index (χ0n) is 11.9. The number of rotatable bonds is 6. The zero-order valence-corrected chi connectivity index (χ0v) is 12.7. The Hall–Kier alpha value is -1.07. The molecule has 1 atom stereocenters. The number of ether oxygens (including phenoxy) is 1. The van der Waals surface area contributed by atoms with E-state index in [2.05, 4.69) is 0 Å². The quantitative estimate of drug-likeness (QED) is 0.871. The number of aryl methyl sites for hydroxylation is 1. The fourth-order valence-corrected chi connectivity index (χ4v) is 2.40. The number of hydrogen-bond donors (Lipinski definition) is 1. The summed E-state index contributed by atoms with van der Waals surface area (Å²) in [5.41, 5.74) is 1.68. The van der Waals surface area contributed by atoms with Crippen molar-refractivity contribution in [3.63, 3.8) is 0 Å². The van der Waals surface area contributed by atoms with Crippen LogP contribution >= 0.6 is 0 Å². The summed E-state index contributed by atoms with van der Waals surface area (Å²) in [6.07, 6.45) is -0.641. The van der Waals surface area contributed by atoms with E-state index >= 15 is 0 Å². The standard InChI is InChI=1S/C14H22O4S/c1-10(2)19(16,17)8-7-18-14-9-11(3)5-6-13(14)12(4)15/h5-6,9-10,12,15H,7-8H2,1-4H3/t12-/m1/s1. The molecule has 5 heteroatoms. The molecule has 0 aliphatic carbocycles. The first kappa shape index (κ1) is 16.0. The van der Waals surface area contributed by atoms with Crippen molar-refractivity contribution in [3.8, 4) is 5.75 Å². The van der Waals surface area contributed by atoms with Gasteiger partial charge in [0.25, 0.3) is 0 Å². The van der Waals surface area contributed by atoms with Gasteiger partial charge in [0.2, 0.25) is 0 Å². The van der Waals surface area contributed by atoms with Crippen LogP contribution in [-0.2, 0) is 9.84 Å². The summed E-state index contributed by atoms with van der Waals surface area (Å²) < 4.78 is 28.9. The molecule has 0 unspecified atom stereocenters. The summed E-state index contributed by atoms with van der Waals surface area (Å²) in [7, 11) is -3.10. The second-order valence-corrected chi connectivity index (χ2v) is 7.66. The summed E-state index contributed by atoms with van der Waals surface area (Å²) >= 11 is 0. The van der Waals surface area contributed by atoms with Gasteiger partial charge in [0.1, 0.15) is 12.4 Å². The summed E-state index contributed by atoms with van der Waals surface area (Å²) in [6.45, 7) is 6.99. The molecule has 108 valence electrons. The third-order valence-electron chi connectivity index (χ3n) is 2.96. The van der Waals surface area contributed by atoms with Crippen molar-refractivity contribution in [2.45, 2.75) is 39.0 Å². The Bertz CT molecular complexity index is 518. The fraction of sp³-hybridized carbons (Fsp3) is 0.571. The molecule has 0 saturated heterocycles. The van der Waals surface area contributed by atoms with E-state index in [4.69, 9.17) is 4.74 Å². The highest BCUT2D eigenvalue weighted by Gasteiger charge is 2.17. The Morgan fingerprint density at radius 2 is 1.89 bits per heavy atom. The lowest BCUT2D eigenvalue weighted by atomic mass is 10.1. The van der Waals surface area contributed by atoms with Gasteiger partial charge in [0, 0.05) is 5.56 Å². The van der Waals surface area contributed by atoms with E-state index in [0.717, 1.165) is 5.56 Å². The molecule has 1 rings (SSSR count). The lowest BCUT2D eigenvalue weighted by Gasteiger charge is -2.15. The lowest BCUT2D eigenvalue weighted by molar-refractivity contribution is 0.192. The second kappa shape index (κ2) is 6.39. The minimum absolute atomic E-state index is 0.0160. The Balaban J connectivity index is 2.75. The Morgan fingerprint density at radius 3 is 2.42 bits per heavy atom. The molecule has 4 nitrogen and oxygen atoms in total. The second-order valence-electron chi connectivity index (χ2n) is 4.98. The molecule has 0 aliphatic rings. The van der Waals surface area contributed by atoms with E-state index in [0.29, 0.717) is 11.3 Å². The van der Waals surface area contributed by atoms with Crippen molar-refractivity contribution in [3.05, 3.63) is 29.3 Å². The van der Waals surface area contributed by atoms with Gasteiger partial charge in [-0.3, -0.25) is 0 Å². The first-order valence-corrected chi connectivity index (χ1v) is 8.08. The topological polar surface area (TPSA) is 63.6 Å². The van der Waals surface area contributed by atoms with Gasteiger partial charge in [-0.1, -0.05) is 12.1 Å². The molecule has 0 aliphatic heterocycles. The van der Waals surface area contributed by atoms with Crippen LogP contribution in [0.2, 0.25) is 0 Å². The molecule has 1 N–H and O–H groups in total. The van der Waals surface area contributed by atoms with Crippen LogP contribution in [0.1, 0.15) is 38.0 Å². The SMILES string of the molecule is Cc1ccc([C@@H](C)O)c(OCCS(=O)(=O)C(C)C)c1. The van der Waals surface area contributed by atoms with Crippen LogP contribution < -0.4 is 4.74 Å². The maximum absolute atomic E-state index is 11.7. The molecule has 0 amide bonds. The Kier molecular flexibility index (Phi) is 5.38. The van der Waals surface area contributed by atoms with Gasteiger partial charge < -0.3 is 9.84 Å². The Morgan fingerprint density at radius 1 is 1.26 bits per heavy atom. The highest BCUT2D eigenvalue weighted by molar-refractivity contribution is 7.91. The van der Waals surface area contributed by atoms with Crippen molar-refractivity contribution >= 4 is 9.84 Å². The minimum atomic E-state index is -3.10. The summed E-state index contributed by atoms with van der Waals surface area (Å²) in [6, 6.07) is 5.50. The first-order valence-electron chi connectivity index (χ1n) is 6.37. The number of hydrogen-bond acceptors (Lipinski definition) is 4. The smallest absolute Gasteiger partial charge is 0.155 e. The average molecular weight is 286 g/mol. The van der Waals surface area contributed by atoms with Crippen molar-refractivity contribution in [2.24, 2.45) is 0 Å². The predicted molar refractivity (Wildman–Crippen MR) is 76.2 cm³/mol. The third-order valence-corrected chi connectivity index (χ3v) is 5.13. The monoisotopic (exact) mass is 286 g/mol. The summed E-state index contributed by atoms with van der Waals surface area (Å²) in [4.78, 5) is 0. The highest BCUT2D eigenvalue weighted by atomic mass is 32.2. The summed E-state index contributed by atoms with van der Waals surface area (Å²) in [5.74, 6) is 0.534. The van der Waals surface area contributed by atoms with E-state index < -0.39 is 21.2 Å². The van der Waals surface area contributed by atoms with Gasteiger partial charge in [-0.2, -0.15) is 0 Å². The van der Waals surface area contributed by atoms with E-state index in [1.54, 1.807) is 26.8 Å². The molecule has 0 saturated carbocycles. The maximum atomic E-state index is 11.7. The molecule has 1 aromatic rings. The highest BCUT2D eigenvalue weighted by Crippen LogP contribution is 2.26. The number of benzene rings is 1. The third kappa shape index (κ3) is 4.51. The molecule has 19 heavy (non-hydrogen) atoms. The molecule has 0 heterocycles. The largest absolute Gasteiger partial charge is 0.492 e. The van der Waals surface area contributed by atoms with E-state index in [-0.39, 0.29) is 12.4 Å². The number of aliphatic hydroxyl groups excluding tert-OH is 1. The molecule has 1 aromatic carbocycles. The van der Waals surface area contributed by atoms with Crippen LogP contribution in [0.5, 0.6) is 5.75 Å². The lowest BCUT2D eigenvalue weighted by Crippen LogP contribution is -2.22. The van der Waals surface area contributed by atoms with E-state index in [1.165, 1.54) is 0 Å². The maximum Gasteiger partial charge on any atom is 0.155 e. The first-order chi connectivity index (χ1) is 8.74. The van der Waals surface area contributed by atoms with Gasteiger partial charge in [-0.05, 0) is 39.3 Å². The van der Waals surface area contributed by atoms with E-state index in [9.17, 15) is 13.5 Å². The number of aliphatic hydroxyl groups is 1. The van der Waals surface area contributed by atoms with Gasteiger partial charge in [0.05, 0.1) is 17.1 Å². The van der Waals surface area contributed by atoms with Gasteiger partial charge >= 0.3 is 0 Å². The molecule has 0 spiro atoms. The minimum Gasteiger partial charge on any atom is -0.492 e. The molecular formula is C14H22O4S. The van der Waals surface area contributed by atoms with Crippen molar-refractivity contribution < 1.29 is 18.3 Å². The molecule has 0 radical (unpaired) electrons. The zero-order chi connectivity index (χ0) is 14.6. The normalized spacial score (nSPS) is 13.6. The molecule has 0 fully saturated rings. The Labute approximate surface area is 115 Å². The summed E-state index contributed by atoms with van der Waals surface area (Å²) in [5, 5.41) is 9.25.